The first kappa shape index (κ1) is 12.6. The molecule has 0 radical (unpaired) electrons. The first-order valence-corrected chi connectivity index (χ1v) is 6.48. The van der Waals surface area contributed by atoms with Crippen LogP contribution in [0.15, 0.2) is 18.2 Å². The molecule has 17 heavy (non-hydrogen) atoms. The molecule has 0 aliphatic heterocycles. The molecule has 6 heteroatoms. The third-order valence-electron chi connectivity index (χ3n) is 2.95. The van der Waals surface area contributed by atoms with Gasteiger partial charge in [0.1, 0.15) is 5.75 Å². The van der Waals surface area contributed by atoms with Gasteiger partial charge in [-0.05, 0) is 54.0 Å². The van der Waals surface area contributed by atoms with Crippen LogP contribution in [0.1, 0.15) is 12.8 Å². The number of nitrogens with two attached hydrogens (primary N) is 1. The highest BCUT2D eigenvalue weighted by Gasteiger charge is 2.30. The van der Waals surface area contributed by atoms with Gasteiger partial charge in [0, 0.05) is 12.1 Å². The van der Waals surface area contributed by atoms with E-state index in [1.807, 2.05) is 0 Å². The number of hydrogen-bond acceptors (Lipinski definition) is 4. The fourth-order valence-electron chi connectivity index (χ4n) is 1.84. The predicted octanol–water partition coefficient (Wildman–Crippen LogP) is 2.32. The Morgan fingerprint density at radius 3 is 2.76 bits per heavy atom. The topological polar surface area (TPSA) is 78.4 Å². The van der Waals surface area contributed by atoms with Crippen LogP contribution in [0.3, 0.4) is 0 Å². The SMILES string of the molecule is NCC1CC(Oc2ccc([N+](=O)[O-])cc2I)C1. The van der Waals surface area contributed by atoms with Gasteiger partial charge in [0.2, 0.25) is 0 Å². The highest BCUT2D eigenvalue weighted by atomic mass is 127. The molecule has 1 fully saturated rings. The molecule has 5 nitrogen and oxygen atoms in total. The van der Waals surface area contributed by atoms with Gasteiger partial charge in [-0.25, -0.2) is 0 Å². The van der Waals surface area contributed by atoms with Crippen molar-refractivity contribution in [2.45, 2.75) is 18.9 Å². The predicted molar refractivity (Wildman–Crippen MR) is 72.0 cm³/mol. The lowest BCUT2D eigenvalue weighted by molar-refractivity contribution is -0.385. The average Bonchev–Trinajstić information content (AvgIpc) is 2.24. The minimum absolute atomic E-state index is 0.0928. The smallest absolute Gasteiger partial charge is 0.270 e. The zero-order valence-electron chi connectivity index (χ0n) is 9.14. The molecule has 0 saturated heterocycles. The molecule has 1 saturated carbocycles. The number of hydrogen-bond donors (Lipinski definition) is 1. The second-order valence-electron chi connectivity index (χ2n) is 4.18. The molecular weight excluding hydrogens is 335 g/mol. The first-order valence-electron chi connectivity index (χ1n) is 5.41. The maximum absolute atomic E-state index is 10.6. The van der Waals surface area contributed by atoms with Gasteiger partial charge in [-0.3, -0.25) is 10.1 Å². The Balaban J connectivity index is 2.00. The Labute approximate surface area is 113 Å². The van der Waals surface area contributed by atoms with Gasteiger partial charge in [0.15, 0.2) is 0 Å². The summed E-state index contributed by atoms with van der Waals surface area (Å²) >= 11 is 2.05. The number of ether oxygens (including phenoxy) is 1. The third kappa shape index (κ3) is 2.86. The lowest BCUT2D eigenvalue weighted by Crippen LogP contribution is -2.37. The van der Waals surface area contributed by atoms with Gasteiger partial charge in [0.25, 0.3) is 5.69 Å². The number of halogens is 1. The van der Waals surface area contributed by atoms with E-state index < -0.39 is 4.92 Å². The zero-order valence-corrected chi connectivity index (χ0v) is 11.3. The maximum atomic E-state index is 10.6. The Morgan fingerprint density at radius 2 is 2.24 bits per heavy atom. The molecule has 1 aromatic carbocycles. The summed E-state index contributed by atoms with van der Waals surface area (Å²) in [5.41, 5.74) is 5.63. The molecule has 0 atom stereocenters. The van der Waals surface area contributed by atoms with Crippen LogP contribution in [0.4, 0.5) is 5.69 Å². The average molecular weight is 348 g/mol. The van der Waals surface area contributed by atoms with E-state index in [1.165, 1.54) is 12.1 Å². The molecule has 0 heterocycles. The second-order valence-corrected chi connectivity index (χ2v) is 5.35. The summed E-state index contributed by atoms with van der Waals surface area (Å²) in [4.78, 5) is 10.2. The molecule has 0 unspecified atom stereocenters. The van der Waals surface area contributed by atoms with Crippen LogP contribution in [0.25, 0.3) is 0 Å². The highest BCUT2D eigenvalue weighted by molar-refractivity contribution is 14.1. The van der Waals surface area contributed by atoms with Crippen molar-refractivity contribution in [2.75, 3.05) is 6.54 Å². The summed E-state index contributed by atoms with van der Waals surface area (Å²) in [7, 11) is 0. The molecule has 1 aliphatic rings. The van der Waals surface area contributed by atoms with Crippen molar-refractivity contribution in [3.05, 3.63) is 31.9 Å². The zero-order chi connectivity index (χ0) is 12.4. The Bertz CT molecular complexity index is 433. The molecular formula is C11H13IN2O3. The molecule has 1 aromatic rings. The second kappa shape index (κ2) is 5.18. The molecule has 0 bridgehead atoms. The highest BCUT2D eigenvalue weighted by Crippen LogP contribution is 2.33. The van der Waals surface area contributed by atoms with E-state index in [2.05, 4.69) is 22.6 Å². The molecule has 0 amide bonds. The Kier molecular flexibility index (Phi) is 3.82. The minimum Gasteiger partial charge on any atom is -0.489 e. The standard InChI is InChI=1S/C11H13IN2O3/c12-10-5-8(14(15)16)1-2-11(10)17-9-3-7(4-9)6-13/h1-2,5,7,9H,3-4,6,13H2. The van der Waals surface area contributed by atoms with E-state index in [0.717, 1.165) is 22.2 Å². The van der Waals surface area contributed by atoms with Gasteiger partial charge in [-0.2, -0.15) is 0 Å². The molecule has 2 N–H and O–H groups in total. The maximum Gasteiger partial charge on any atom is 0.270 e. The van der Waals surface area contributed by atoms with Gasteiger partial charge in [-0.15, -0.1) is 0 Å². The van der Waals surface area contributed by atoms with E-state index in [4.69, 9.17) is 10.5 Å². The van der Waals surface area contributed by atoms with Crippen molar-refractivity contribution in [1.29, 1.82) is 0 Å². The van der Waals surface area contributed by atoms with Crippen LogP contribution in [0.5, 0.6) is 5.75 Å². The summed E-state index contributed by atoms with van der Waals surface area (Å²) in [6.45, 7) is 0.706. The fraction of sp³-hybridized carbons (Fsp3) is 0.455. The molecule has 1 aliphatic carbocycles. The quantitative estimate of drug-likeness (QED) is 0.515. The van der Waals surface area contributed by atoms with E-state index in [0.29, 0.717) is 12.5 Å². The van der Waals surface area contributed by atoms with Gasteiger partial charge in [-0.1, -0.05) is 0 Å². The number of nitrogens with zero attached hydrogens (tertiary/aromatic N) is 1. The van der Waals surface area contributed by atoms with Gasteiger partial charge in [0.05, 0.1) is 14.6 Å². The van der Waals surface area contributed by atoms with Gasteiger partial charge < -0.3 is 10.5 Å². The van der Waals surface area contributed by atoms with Crippen LogP contribution in [-0.4, -0.2) is 17.6 Å². The number of non-ortho nitro benzene ring substituents is 1. The summed E-state index contributed by atoms with van der Waals surface area (Å²) < 4.78 is 6.53. The summed E-state index contributed by atoms with van der Waals surface area (Å²) in [5, 5.41) is 10.6. The van der Waals surface area contributed by atoms with Crippen LogP contribution in [0.2, 0.25) is 0 Å². The first-order chi connectivity index (χ1) is 8.10. The lowest BCUT2D eigenvalue weighted by atomic mass is 9.82. The van der Waals surface area contributed by atoms with Gasteiger partial charge >= 0.3 is 0 Å². The van der Waals surface area contributed by atoms with E-state index in [1.54, 1.807) is 6.07 Å². The summed E-state index contributed by atoms with van der Waals surface area (Å²) in [6.07, 6.45) is 2.16. The molecule has 0 aromatic heterocycles. The van der Waals surface area contributed by atoms with E-state index >= 15 is 0 Å². The summed E-state index contributed by atoms with van der Waals surface area (Å²) in [6, 6.07) is 4.65. The Hall–Kier alpha value is -0.890. The van der Waals surface area contributed by atoms with Crippen molar-refractivity contribution in [3.8, 4) is 5.75 Å². The lowest BCUT2D eigenvalue weighted by Gasteiger charge is -2.34. The largest absolute Gasteiger partial charge is 0.489 e. The molecule has 92 valence electrons. The normalized spacial score (nSPS) is 22.9. The van der Waals surface area contributed by atoms with Crippen molar-refractivity contribution in [3.63, 3.8) is 0 Å². The van der Waals surface area contributed by atoms with Crippen molar-refractivity contribution < 1.29 is 9.66 Å². The van der Waals surface area contributed by atoms with Crippen molar-refractivity contribution in [2.24, 2.45) is 11.7 Å². The monoisotopic (exact) mass is 348 g/mol. The minimum atomic E-state index is -0.403. The van der Waals surface area contributed by atoms with E-state index in [9.17, 15) is 10.1 Å². The fourth-order valence-corrected chi connectivity index (χ4v) is 2.47. The van der Waals surface area contributed by atoms with Crippen molar-refractivity contribution >= 4 is 28.3 Å². The number of nitro benzene ring substituents is 1. The van der Waals surface area contributed by atoms with E-state index in [-0.39, 0.29) is 11.8 Å². The van der Waals surface area contributed by atoms with Crippen LogP contribution >= 0.6 is 22.6 Å². The Morgan fingerprint density at radius 1 is 1.53 bits per heavy atom. The number of nitro groups is 1. The van der Waals surface area contributed by atoms with Crippen LogP contribution in [-0.2, 0) is 0 Å². The van der Waals surface area contributed by atoms with Crippen molar-refractivity contribution in [1.82, 2.24) is 0 Å². The molecule has 2 rings (SSSR count). The molecule has 0 spiro atoms. The summed E-state index contributed by atoms with van der Waals surface area (Å²) in [5.74, 6) is 1.28. The van der Waals surface area contributed by atoms with Crippen LogP contribution in [0, 0.1) is 19.6 Å². The van der Waals surface area contributed by atoms with Crippen LogP contribution < -0.4 is 10.5 Å². The third-order valence-corrected chi connectivity index (χ3v) is 3.79. The number of rotatable bonds is 4. The number of benzene rings is 1.